The molecule has 1 atom stereocenters. The van der Waals surface area contributed by atoms with Crippen LogP contribution in [0.4, 0.5) is 0 Å². The maximum atomic E-state index is 11.4. The molecule has 1 saturated heterocycles. The molecule has 1 aliphatic rings. The van der Waals surface area contributed by atoms with Gasteiger partial charge in [-0.1, -0.05) is 0 Å². The monoisotopic (exact) mass is 186 g/mol. The van der Waals surface area contributed by atoms with Crippen LogP contribution >= 0.6 is 0 Å². The van der Waals surface area contributed by atoms with Gasteiger partial charge in [0.25, 0.3) is 0 Å². The Bertz CT molecular complexity index is 202. The number of nitrogens with two attached hydrogens (primary N) is 1. The second-order valence-electron chi connectivity index (χ2n) is 4.29. The summed E-state index contributed by atoms with van der Waals surface area (Å²) in [5.74, 6) is 0.0608. The fourth-order valence-corrected chi connectivity index (χ4v) is 1.33. The lowest BCUT2D eigenvalue weighted by atomic mass is 10.1. The molecule has 0 bridgehead atoms. The van der Waals surface area contributed by atoms with E-state index < -0.39 is 0 Å². The lowest BCUT2D eigenvalue weighted by Crippen LogP contribution is -2.30. The molecule has 0 aromatic heterocycles. The minimum absolute atomic E-state index is 0.0608. The second kappa shape index (κ2) is 3.64. The van der Waals surface area contributed by atoms with E-state index in [9.17, 15) is 4.79 Å². The number of amides is 1. The predicted octanol–water partition coefficient (Wildman–Crippen LogP) is 0.666. The molecule has 1 aliphatic heterocycles. The summed E-state index contributed by atoms with van der Waals surface area (Å²) in [4.78, 5) is 16.8. The Morgan fingerprint density at radius 1 is 1.69 bits per heavy atom. The summed E-state index contributed by atoms with van der Waals surface area (Å²) in [7, 11) is 0. The van der Waals surface area contributed by atoms with Crippen LogP contribution in [0.5, 0.6) is 0 Å². The molecule has 1 rings (SSSR count). The zero-order valence-corrected chi connectivity index (χ0v) is 8.54. The smallest absolute Gasteiger partial charge is 0.249 e. The fraction of sp³-hybridized carbons (Fsp3) is 0.889. The standard InChI is InChI=1S/C9H18N2O2/c1-7(10)4-5-11-8(12)6-9(2,3)13-11/h7H,4-6,10H2,1-3H3. The van der Waals surface area contributed by atoms with E-state index in [0.29, 0.717) is 13.0 Å². The van der Waals surface area contributed by atoms with Gasteiger partial charge in [-0.2, -0.15) is 0 Å². The van der Waals surface area contributed by atoms with E-state index in [1.165, 1.54) is 5.06 Å². The maximum absolute atomic E-state index is 11.4. The Kier molecular flexibility index (Phi) is 2.93. The fourth-order valence-electron chi connectivity index (χ4n) is 1.33. The van der Waals surface area contributed by atoms with Crippen molar-refractivity contribution in [1.82, 2.24) is 5.06 Å². The van der Waals surface area contributed by atoms with Crippen LogP contribution in [0.3, 0.4) is 0 Å². The average Bonchev–Trinajstić information content (AvgIpc) is 2.20. The lowest BCUT2D eigenvalue weighted by Gasteiger charge is -2.20. The molecule has 13 heavy (non-hydrogen) atoms. The minimum Gasteiger partial charge on any atom is -0.328 e. The van der Waals surface area contributed by atoms with Crippen LogP contribution in [-0.4, -0.2) is 29.2 Å². The first-order valence-electron chi connectivity index (χ1n) is 4.66. The Labute approximate surface area is 79.0 Å². The van der Waals surface area contributed by atoms with E-state index >= 15 is 0 Å². The normalized spacial score (nSPS) is 23.7. The van der Waals surface area contributed by atoms with Gasteiger partial charge in [0, 0.05) is 6.04 Å². The molecule has 76 valence electrons. The van der Waals surface area contributed by atoms with Crippen molar-refractivity contribution in [3.63, 3.8) is 0 Å². The van der Waals surface area contributed by atoms with Crippen LogP contribution in [0.2, 0.25) is 0 Å². The third-order valence-corrected chi connectivity index (χ3v) is 2.00. The summed E-state index contributed by atoms with van der Waals surface area (Å²) in [5.41, 5.74) is 5.25. The highest BCUT2D eigenvalue weighted by molar-refractivity contribution is 5.77. The van der Waals surface area contributed by atoms with Crippen LogP contribution in [0.25, 0.3) is 0 Å². The number of rotatable bonds is 3. The van der Waals surface area contributed by atoms with Gasteiger partial charge in [0.1, 0.15) is 0 Å². The van der Waals surface area contributed by atoms with Crippen LogP contribution in [0, 0.1) is 0 Å². The van der Waals surface area contributed by atoms with Gasteiger partial charge in [0.05, 0.1) is 18.6 Å². The largest absolute Gasteiger partial charge is 0.328 e. The molecule has 1 heterocycles. The third-order valence-electron chi connectivity index (χ3n) is 2.00. The first-order chi connectivity index (χ1) is 5.91. The number of carbonyl (C=O) groups is 1. The van der Waals surface area contributed by atoms with E-state index in [0.717, 1.165) is 6.42 Å². The molecule has 1 unspecified atom stereocenters. The predicted molar refractivity (Wildman–Crippen MR) is 49.8 cm³/mol. The van der Waals surface area contributed by atoms with E-state index in [1.54, 1.807) is 0 Å². The van der Waals surface area contributed by atoms with Gasteiger partial charge in [-0.15, -0.1) is 0 Å². The number of carbonyl (C=O) groups excluding carboxylic acids is 1. The molecule has 0 aromatic carbocycles. The molecule has 1 amide bonds. The molecule has 0 spiro atoms. The topological polar surface area (TPSA) is 55.6 Å². The van der Waals surface area contributed by atoms with E-state index in [1.807, 2.05) is 20.8 Å². The Morgan fingerprint density at radius 3 is 2.69 bits per heavy atom. The number of hydrogen-bond acceptors (Lipinski definition) is 3. The molecule has 0 radical (unpaired) electrons. The average molecular weight is 186 g/mol. The molecule has 0 saturated carbocycles. The van der Waals surface area contributed by atoms with Crippen LogP contribution < -0.4 is 5.73 Å². The van der Waals surface area contributed by atoms with Crippen molar-refractivity contribution in [1.29, 1.82) is 0 Å². The molecule has 2 N–H and O–H groups in total. The first-order valence-corrected chi connectivity index (χ1v) is 4.66. The van der Waals surface area contributed by atoms with Gasteiger partial charge in [-0.3, -0.25) is 9.63 Å². The number of hydrogen-bond donors (Lipinski definition) is 1. The summed E-state index contributed by atoms with van der Waals surface area (Å²) < 4.78 is 0. The van der Waals surface area contributed by atoms with Gasteiger partial charge in [0.15, 0.2) is 0 Å². The molecule has 0 aromatic rings. The van der Waals surface area contributed by atoms with Crippen molar-refractivity contribution in [2.45, 2.75) is 45.3 Å². The molecule has 0 aliphatic carbocycles. The molecule has 4 nitrogen and oxygen atoms in total. The zero-order chi connectivity index (χ0) is 10.1. The van der Waals surface area contributed by atoms with Crippen LogP contribution in [0.15, 0.2) is 0 Å². The SMILES string of the molecule is CC(N)CCN1OC(C)(C)CC1=O. The lowest BCUT2D eigenvalue weighted by molar-refractivity contribution is -0.191. The van der Waals surface area contributed by atoms with Crippen molar-refractivity contribution >= 4 is 5.91 Å². The van der Waals surface area contributed by atoms with Crippen molar-refractivity contribution in [3.05, 3.63) is 0 Å². The van der Waals surface area contributed by atoms with E-state index in [-0.39, 0.29) is 17.6 Å². The highest BCUT2D eigenvalue weighted by Gasteiger charge is 2.36. The Morgan fingerprint density at radius 2 is 2.31 bits per heavy atom. The molecular weight excluding hydrogens is 168 g/mol. The number of hydroxylamine groups is 2. The quantitative estimate of drug-likeness (QED) is 0.704. The summed E-state index contributed by atoms with van der Waals surface area (Å²) in [6, 6.07) is 0.111. The Balaban J connectivity index is 2.40. The van der Waals surface area contributed by atoms with Crippen LogP contribution in [0.1, 0.15) is 33.6 Å². The van der Waals surface area contributed by atoms with Gasteiger partial charge < -0.3 is 5.73 Å². The third kappa shape index (κ3) is 2.97. The summed E-state index contributed by atoms with van der Waals surface area (Å²) in [6.07, 6.45) is 1.24. The maximum Gasteiger partial charge on any atom is 0.249 e. The van der Waals surface area contributed by atoms with Crippen molar-refractivity contribution in [2.75, 3.05) is 6.54 Å². The van der Waals surface area contributed by atoms with Gasteiger partial charge in [-0.05, 0) is 27.2 Å². The number of nitrogens with zero attached hydrogens (tertiary/aromatic N) is 1. The second-order valence-corrected chi connectivity index (χ2v) is 4.29. The van der Waals surface area contributed by atoms with Gasteiger partial charge >= 0.3 is 0 Å². The Hall–Kier alpha value is -0.610. The minimum atomic E-state index is -0.338. The highest BCUT2D eigenvalue weighted by atomic mass is 16.7. The van der Waals surface area contributed by atoms with Gasteiger partial charge in [0.2, 0.25) is 5.91 Å². The van der Waals surface area contributed by atoms with Crippen LogP contribution in [-0.2, 0) is 9.63 Å². The van der Waals surface area contributed by atoms with Crippen molar-refractivity contribution < 1.29 is 9.63 Å². The zero-order valence-electron chi connectivity index (χ0n) is 8.54. The summed E-state index contributed by atoms with van der Waals surface area (Å²) >= 11 is 0. The summed E-state index contributed by atoms with van der Waals surface area (Å²) in [5, 5.41) is 1.43. The van der Waals surface area contributed by atoms with Crippen molar-refractivity contribution in [2.24, 2.45) is 5.73 Å². The van der Waals surface area contributed by atoms with Crippen molar-refractivity contribution in [3.8, 4) is 0 Å². The first kappa shape index (κ1) is 10.5. The van der Waals surface area contributed by atoms with E-state index in [4.69, 9.17) is 10.6 Å². The van der Waals surface area contributed by atoms with E-state index in [2.05, 4.69) is 0 Å². The summed E-state index contributed by atoms with van der Waals surface area (Å²) in [6.45, 7) is 6.35. The molecule has 1 fully saturated rings. The molecular formula is C9H18N2O2. The highest BCUT2D eigenvalue weighted by Crippen LogP contribution is 2.25. The molecule has 4 heteroatoms. The van der Waals surface area contributed by atoms with Gasteiger partial charge in [-0.25, -0.2) is 5.06 Å².